The van der Waals surface area contributed by atoms with E-state index >= 15 is 0 Å². The Bertz CT molecular complexity index is 183. The van der Waals surface area contributed by atoms with Gasteiger partial charge in [-0.15, -0.1) is 0 Å². The molecule has 3 nitrogen and oxygen atoms in total. The van der Waals surface area contributed by atoms with E-state index in [1.54, 1.807) is 0 Å². The molecule has 0 amide bonds. The zero-order chi connectivity index (χ0) is 14.0. The molecule has 0 aromatic carbocycles. The molecule has 3 heteroatoms. The lowest BCUT2D eigenvalue weighted by atomic mass is 10.1. The van der Waals surface area contributed by atoms with Gasteiger partial charge in [0.2, 0.25) is 0 Å². The first kappa shape index (κ1) is 17.9. The molecule has 0 saturated heterocycles. The quantitative estimate of drug-likeness (QED) is 0.613. The van der Waals surface area contributed by atoms with E-state index in [9.17, 15) is 0 Å². The molecule has 110 valence electrons. The van der Waals surface area contributed by atoms with Crippen molar-refractivity contribution in [2.75, 3.05) is 40.3 Å². The predicted octanol–water partition coefficient (Wildman–Crippen LogP) is 2.43. The van der Waals surface area contributed by atoms with Crippen LogP contribution in [0, 0.1) is 0 Å². The maximum absolute atomic E-state index is 3.56. The minimum Gasteiger partial charge on any atom is -0.314 e. The molecule has 0 aliphatic rings. The minimum absolute atomic E-state index is 0.657. The van der Waals surface area contributed by atoms with Crippen LogP contribution in [-0.2, 0) is 0 Å². The van der Waals surface area contributed by atoms with Crippen LogP contribution in [0.1, 0.15) is 47.0 Å². The fourth-order valence-electron chi connectivity index (χ4n) is 2.61. The molecule has 0 aromatic heterocycles. The van der Waals surface area contributed by atoms with E-state index in [-0.39, 0.29) is 0 Å². The summed E-state index contributed by atoms with van der Waals surface area (Å²) in [6, 6.07) is 1.36. The van der Waals surface area contributed by atoms with Gasteiger partial charge in [0.05, 0.1) is 0 Å². The van der Waals surface area contributed by atoms with Crippen LogP contribution >= 0.6 is 0 Å². The minimum atomic E-state index is 0.657. The molecule has 0 bridgehead atoms. The highest BCUT2D eigenvalue weighted by molar-refractivity contribution is 4.70. The Balaban J connectivity index is 3.91. The van der Waals surface area contributed by atoms with E-state index < -0.39 is 0 Å². The Morgan fingerprint density at radius 3 is 2.22 bits per heavy atom. The summed E-state index contributed by atoms with van der Waals surface area (Å²) in [6.07, 6.45) is 3.85. The highest BCUT2D eigenvalue weighted by atomic mass is 15.2. The molecule has 0 fully saturated rings. The monoisotopic (exact) mass is 257 g/mol. The van der Waals surface area contributed by atoms with Crippen molar-refractivity contribution >= 4 is 0 Å². The zero-order valence-corrected chi connectivity index (χ0v) is 13.5. The van der Waals surface area contributed by atoms with Gasteiger partial charge in [-0.3, -0.25) is 4.90 Å². The Hall–Kier alpha value is -0.120. The van der Waals surface area contributed by atoms with Crippen LogP contribution in [-0.4, -0.2) is 62.2 Å². The fraction of sp³-hybridized carbons (Fsp3) is 1.00. The number of hydrogen-bond acceptors (Lipinski definition) is 3. The molecule has 0 rings (SSSR count). The molecule has 0 aliphatic carbocycles. The molecule has 0 radical (unpaired) electrons. The van der Waals surface area contributed by atoms with Crippen molar-refractivity contribution in [3.05, 3.63) is 0 Å². The Morgan fingerprint density at radius 2 is 1.78 bits per heavy atom. The summed E-state index contributed by atoms with van der Waals surface area (Å²) in [7, 11) is 4.31. The summed E-state index contributed by atoms with van der Waals surface area (Å²) in [5.41, 5.74) is 0. The van der Waals surface area contributed by atoms with Gasteiger partial charge in [-0.2, -0.15) is 0 Å². The molecule has 0 saturated carbocycles. The number of rotatable bonds is 11. The topological polar surface area (TPSA) is 18.5 Å². The van der Waals surface area contributed by atoms with Gasteiger partial charge in [-0.1, -0.05) is 20.8 Å². The van der Waals surface area contributed by atoms with E-state index in [1.807, 2.05) is 0 Å². The van der Waals surface area contributed by atoms with Crippen LogP contribution in [0.25, 0.3) is 0 Å². The van der Waals surface area contributed by atoms with Crippen LogP contribution in [0.5, 0.6) is 0 Å². The fourth-order valence-corrected chi connectivity index (χ4v) is 2.61. The molecule has 0 heterocycles. The first-order valence-corrected chi connectivity index (χ1v) is 7.67. The summed E-state index contributed by atoms with van der Waals surface area (Å²) >= 11 is 0. The summed E-state index contributed by atoms with van der Waals surface area (Å²) in [6.45, 7) is 13.7. The Kier molecular flexibility index (Phi) is 10.7. The normalized spacial score (nSPS) is 15.3. The number of likely N-dealkylation sites (N-methyl/N-ethyl adjacent to an activating group) is 2. The number of nitrogens with zero attached hydrogens (tertiary/aromatic N) is 2. The van der Waals surface area contributed by atoms with Crippen molar-refractivity contribution in [3.63, 3.8) is 0 Å². The molecule has 2 unspecified atom stereocenters. The van der Waals surface area contributed by atoms with Crippen LogP contribution < -0.4 is 5.32 Å². The van der Waals surface area contributed by atoms with E-state index in [2.05, 4.69) is 56.9 Å². The molecule has 18 heavy (non-hydrogen) atoms. The van der Waals surface area contributed by atoms with Crippen molar-refractivity contribution < 1.29 is 0 Å². The van der Waals surface area contributed by atoms with Crippen molar-refractivity contribution in [2.24, 2.45) is 0 Å². The number of nitrogens with one attached hydrogen (secondary N) is 1. The largest absolute Gasteiger partial charge is 0.314 e. The first-order valence-electron chi connectivity index (χ1n) is 7.67. The van der Waals surface area contributed by atoms with Crippen LogP contribution in [0.2, 0.25) is 0 Å². The van der Waals surface area contributed by atoms with Crippen molar-refractivity contribution in [1.82, 2.24) is 15.1 Å². The van der Waals surface area contributed by atoms with Gasteiger partial charge in [-0.25, -0.2) is 0 Å². The second-order valence-electron chi connectivity index (χ2n) is 5.54. The number of hydrogen-bond donors (Lipinski definition) is 1. The first-order chi connectivity index (χ1) is 8.54. The second kappa shape index (κ2) is 10.8. The summed E-state index contributed by atoms with van der Waals surface area (Å²) in [5, 5.41) is 3.56. The molecular formula is C15H35N3. The lowest BCUT2D eigenvalue weighted by Gasteiger charge is -2.30. The van der Waals surface area contributed by atoms with Crippen LogP contribution in [0.4, 0.5) is 0 Å². The zero-order valence-electron chi connectivity index (χ0n) is 13.5. The van der Waals surface area contributed by atoms with Gasteiger partial charge in [0, 0.05) is 18.6 Å². The Morgan fingerprint density at radius 1 is 1.11 bits per heavy atom. The molecular weight excluding hydrogens is 222 g/mol. The smallest absolute Gasteiger partial charge is 0.0194 e. The molecule has 1 N–H and O–H groups in total. The predicted molar refractivity (Wildman–Crippen MR) is 82.3 cm³/mol. The highest BCUT2D eigenvalue weighted by Crippen LogP contribution is 2.06. The third-order valence-corrected chi connectivity index (χ3v) is 3.64. The van der Waals surface area contributed by atoms with Crippen molar-refractivity contribution in [1.29, 1.82) is 0 Å². The summed E-state index contributed by atoms with van der Waals surface area (Å²) in [5.74, 6) is 0. The van der Waals surface area contributed by atoms with Gasteiger partial charge in [0.25, 0.3) is 0 Å². The maximum Gasteiger partial charge on any atom is 0.0194 e. The van der Waals surface area contributed by atoms with Gasteiger partial charge < -0.3 is 10.2 Å². The third kappa shape index (κ3) is 8.06. The van der Waals surface area contributed by atoms with Crippen molar-refractivity contribution in [3.8, 4) is 0 Å². The molecule has 0 aromatic rings. The highest BCUT2D eigenvalue weighted by Gasteiger charge is 2.13. The van der Waals surface area contributed by atoms with E-state index in [0.29, 0.717) is 12.1 Å². The maximum atomic E-state index is 3.56. The Labute approximate surface area is 115 Å². The SMILES string of the molecule is CCNC(CC)CCCN(CC)C(C)CN(C)C. The van der Waals surface area contributed by atoms with Gasteiger partial charge in [0.1, 0.15) is 0 Å². The molecule has 2 atom stereocenters. The third-order valence-electron chi connectivity index (χ3n) is 3.64. The summed E-state index contributed by atoms with van der Waals surface area (Å²) < 4.78 is 0. The molecule has 0 spiro atoms. The van der Waals surface area contributed by atoms with Crippen molar-refractivity contribution in [2.45, 2.75) is 59.0 Å². The molecule has 0 aliphatic heterocycles. The van der Waals surface area contributed by atoms with Crippen LogP contribution in [0.15, 0.2) is 0 Å². The average molecular weight is 257 g/mol. The van der Waals surface area contributed by atoms with Gasteiger partial charge in [0.15, 0.2) is 0 Å². The standard InChI is InChI=1S/C15H35N3/c1-7-15(16-8-2)11-10-12-18(9-3)14(4)13-17(5)6/h14-16H,7-13H2,1-6H3. The van der Waals surface area contributed by atoms with Gasteiger partial charge in [-0.05, 0) is 59.9 Å². The summed E-state index contributed by atoms with van der Waals surface area (Å²) in [4.78, 5) is 4.87. The second-order valence-corrected chi connectivity index (χ2v) is 5.54. The van der Waals surface area contributed by atoms with E-state index in [0.717, 1.165) is 19.6 Å². The van der Waals surface area contributed by atoms with E-state index in [4.69, 9.17) is 0 Å². The lowest BCUT2D eigenvalue weighted by molar-refractivity contribution is 0.176. The van der Waals surface area contributed by atoms with Crippen LogP contribution in [0.3, 0.4) is 0 Å². The van der Waals surface area contributed by atoms with Gasteiger partial charge >= 0.3 is 0 Å². The van der Waals surface area contributed by atoms with E-state index in [1.165, 1.54) is 25.8 Å². The lowest BCUT2D eigenvalue weighted by Crippen LogP contribution is -2.41. The average Bonchev–Trinajstić information content (AvgIpc) is 2.32.